The fourth-order valence-electron chi connectivity index (χ4n) is 2.19. The molecule has 1 aromatic carbocycles. The van der Waals surface area contributed by atoms with E-state index in [9.17, 15) is 0 Å². The Morgan fingerprint density at radius 3 is 2.77 bits per heavy atom. The molecule has 0 N–H and O–H groups in total. The molecule has 0 saturated heterocycles. The Bertz CT molecular complexity index is 899. The summed E-state index contributed by atoms with van der Waals surface area (Å²) in [4.78, 5) is 4.30. The summed E-state index contributed by atoms with van der Waals surface area (Å²) in [6, 6.07) is 15.4. The van der Waals surface area contributed by atoms with Crippen molar-refractivity contribution < 1.29 is 9.15 Å². The zero-order valence-electron chi connectivity index (χ0n) is 11.6. The molecule has 4 aromatic rings. The quantitative estimate of drug-likeness (QED) is 0.578. The van der Waals surface area contributed by atoms with E-state index in [-0.39, 0.29) is 6.08 Å². The number of hydrogen-bond acceptors (Lipinski definition) is 5. The van der Waals surface area contributed by atoms with Crippen LogP contribution in [0.25, 0.3) is 17.1 Å². The molecule has 0 aliphatic rings. The molecule has 3 heterocycles. The second kappa shape index (κ2) is 5.33. The van der Waals surface area contributed by atoms with Crippen LogP contribution in [0.2, 0.25) is 0 Å². The number of nitrogens with zero attached hydrogens (tertiary/aromatic N) is 4. The second-order valence-electron chi connectivity index (χ2n) is 4.71. The summed E-state index contributed by atoms with van der Waals surface area (Å²) >= 11 is 0. The lowest BCUT2D eigenvalue weighted by atomic mass is 10.2. The highest BCUT2D eigenvalue weighted by atomic mass is 16.6. The Hall–Kier alpha value is -3.15. The van der Waals surface area contributed by atoms with Gasteiger partial charge in [-0.15, -0.1) is 5.10 Å². The summed E-state index contributed by atoms with van der Waals surface area (Å²) in [5.41, 5.74) is 2.64. The minimum Gasteiger partial charge on any atom is -0.443 e. The van der Waals surface area contributed by atoms with Crippen molar-refractivity contribution in [1.82, 2.24) is 19.6 Å². The van der Waals surface area contributed by atoms with E-state index in [0.29, 0.717) is 12.5 Å². The first-order valence-electron chi connectivity index (χ1n) is 6.83. The van der Waals surface area contributed by atoms with Gasteiger partial charge < -0.3 is 13.6 Å². The predicted molar refractivity (Wildman–Crippen MR) is 79.3 cm³/mol. The van der Waals surface area contributed by atoms with Crippen LogP contribution in [0.4, 0.5) is 0 Å². The summed E-state index contributed by atoms with van der Waals surface area (Å²) in [6.07, 6.45) is 3.85. The highest BCUT2D eigenvalue weighted by Crippen LogP contribution is 2.21. The standard InChI is InChI=1S/C16H12N4O2/c1-2-6-12(7-3-1)15-18-19-16(22-15)21-11-13-10-17-14-8-4-5-9-20(13)14/h1-10H,11H2. The third-order valence-electron chi connectivity index (χ3n) is 3.26. The number of fused-ring (bicyclic) bond motifs is 1. The molecular formula is C16H12N4O2. The summed E-state index contributed by atoms with van der Waals surface area (Å²) in [5, 5.41) is 7.89. The van der Waals surface area contributed by atoms with Crippen molar-refractivity contribution in [3.8, 4) is 17.5 Å². The zero-order valence-corrected chi connectivity index (χ0v) is 11.6. The van der Waals surface area contributed by atoms with Crippen molar-refractivity contribution in [2.24, 2.45) is 0 Å². The molecule has 0 saturated carbocycles. The van der Waals surface area contributed by atoms with Gasteiger partial charge in [0.15, 0.2) is 0 Å². The molecule has 6 nitrogen and oxygen atoms in total. The number of imidazole rings is 1. The predicted octanol–water partition coefficient (Wildman–Crippen LogP) is 2.96. The maximum absolute atomic E-state index is 5.56. The first-order chi connectivity index (χ1) is 10.9. The Morgan fingerprint density at radius 1 is 1.00 bits per heavy atom. The van der Waals surface area contributed by atoms with Crippen molar-refractivity contribution in [1.29, 1.82) is 0 Å². The lowest BCUT2D eigenvalue weighted by Gasteiger charge is -2.01. The van der Waals surface area contributed by atoms with Gasteiger partial charge in [0.1, 0.15) is 12.3 Å². The number of ether oxygens (including phenoxy) is 1. The lowest BCUT2D eigenvalue weighted by Crippen LogP contribution is -1.99. The maximum Gasteiger partial charge on any atom is 0.415 e. The summed E-state index contributed by atoms with van der Waals surface area (Å²) < 4.78 is 13.0. The molecule has 0 bridgehead atoms. The van der Waals surface area contributed by atoms with Crippen molar-refractivity contribution in [3.05, 3.63) is 66.6 Å². The van der Waals surface area contributed by atoms with Crippen molar-refractivity contribution in [3.63, 3.8) is 0 Å². The third-order valence-corrected chi connectivity index (χ3v) is 3.26. The SMILES string of the molecule is c1ccc(-c2nnc(OCc3cnc4ccccn34)o2)cc1. The van der Waals surface area contributed by atoms with Gasteiger partial charge in [-0.1, -0.05) is 29.4 Å². The molecule has 0 fully saturated rings. The van der Waals surface area contributed by atoms with E-state index < -0.39 is 0 Å². The summed E-state index contributed by atoms with van der Waals surface area (Å²) in [7, 11) is 0. The molecule has 108 valence electrons. The molecule has 0 unspecified atom stereocenters. The monoisotopic (exact) mass is 292 g/mol. The Labute approximate surface area is 126 Å². The third kappa shape index (κ3) is 2.31. The van der Waals surface area contributed by atoms with E-state index in [0.717, 1.165) is 16.9 Å². The molecular weight excluding hydrogens is 280 g/mol. The van der Waals surface area contributed by atoms with E-state index in [1.165, 1.54) is 0 Å². The van der Waals surface area contributed by atoms with Crippen LogP contribution < -0.4 is 4.74 Å². The first-order valence-corrected chi connectivity index (χ1v) is 6.83. The van der Waals surface area contributed by atoms with Gasteiger partial charge in [-0.3, -0.25) is 0 Å². The first kappa shape index (κ1) is 12.6. The minimum absolute atomic E-state index is 0.143. The van der Waals surface area contributed by atoms with Crippen LogP contribution in [0.1, 0.15) is 5.69 Å². The fourth-order valence-corrected chi connectivity index (χ4v) is 2.19. The number of benzene rings is 1. The molecule has 22 heavy (non-hydrogen) atoms. The number of aromatic nitrogens is 4. The average molecular weight is 292 g/mol. The van der Waals surface area contributed by atoms with Gasteiger partial charge in [0.05, 0.1) is 11.9 Å². The van der Waals surface area contributed by atoms with Gasteiger partial charge in [-0.05, 0) is 24.3 Å². The number of pyridine rings is 1. The molecule has 0 aliphatic carbocycles. The van der Waals surface area contributed by atoms with E-state index >= 15 is 0 Å². The second-order valence-corrected chi connectivity index (χ2v) is 4.71. The van der Waals surface area contributed by atoms with Gasteiger partial charge in [-0.2, -0.15) is 0 Å². The summed E-state index contributed by atoms with van der Waals surface area (Å²) in [6.45, 7) is 0.307. The average Bonchev–Trinajstić information content (AvgIpc) is 3.21. The van der Waals surface area contributed by atoms with E-state index in [2.05, 4.69) is 15.2 Å². The van der Waals surface area contributed by atoms with Gasteiger partial charge in [0.25, 0.3) is 5.89 Å². The smallest absolute Gasteiger partial charge is 0.415 e. The van der Waals surface area contributed by atoms with Crippen molar-refractivity contribution in [2.45, 2.75) is 6.61 Å². The van der Waals surface area contributed by atoms with Gasteiger partial charge in [0.2, 0.25) is 0 Å². The summed E-state index contributed by atoms with van der Waals surface area (Å²) in [5.74, 6) is 0.439. The van der Waals surface area contributed by atoms with E-state index in [4.69, 9.17) is 9.15 Å². The van der Waals surface area contributed by atoms with Crippen molar-refractivity contribution in [2.75, 3.05) is 0 Å². The van der Waals surface area contributed by atoms with Crippen LogP contribution in [-0.4, -0.2) is 19.6 Å². The highest BCUT2D eigenvalue weighted by Gasteiger charge is 2.10. The Balaban J connectivity index is 1.52. The molecule has 0 amide bonds. The van der Waals surface area contributed by atoms with Gasteiger partial charge in [-0.25, -0.2) is 4.98 Å². The number of rotatable bonds is 4. The Morgan fingerprint density at radius 2 is 1.86 bits per heavy atom. The van der Waals surface area contributed by atoms with E-state index in [1.807, 2.05) is 59.1 Å². The molecule has 0 aliphatic heterocycles. The van der Waals surface area contributed by atoms with Crippen LogP contribution in [0.3, 0.4) is 0 Å². The molecule has 0 atom stereocenters. The van der Waals surface area contributed by atoms with Crippen LogP contribution >= 0.6 is 0 Å². The molecule has 0 spiro atoms. The normalized spacial score (nSPS) is 10.9. The van der Waals surface area contributed by atoms with Gasteiger partial charge in [0, 0.05) is 11.8 Å². The fraction of sp³-hybridized carbons (Fsp3) is 0.0625. The molecule has 4 rings (SSSR count). The largest absolute Gasteiger partial charge is 0.443 e. The molecule has 6 heteroatoms. The zero-order chi connectivity index (χ0) is 14.8. The topological polar surface area (TPSA) is 65.5 Å². The maximum atomic E-state index is 5.56. The van der Waals surface area contributed by atoms with Crippen molar-refractivity contribution >= 4 is 5.65 Å². The molecule has 3 aromatic heterocycles. The van der Waals surface area contributed by atoms with E-state index in [1.54, 1.807) is 6.20 Å². The molecule has 0 radical (unpaired) electrons. The van der Waals surface area contributed by atoms with Crippen LogP contribution in [0.5, 0.6) is 6.08 Å². The Kier molecular flexibility index (Phi) is 3.05. The highest BCUT2D eigenvalue weighted by molar-refractivity contribution is 5.51. The van der Waals surface area contributed by atoms with Crippen LogP contribution in [0, 0.1) is 0 Å². The van der Waals surface area contributed by atoms with Crippen LogP contribution in [-0.2, 0) is 6.61 Å². The minimum atomic E-state index is 0.143. The number of hydrogen-bond donors (Lipinski definition) is 0. The van der Waals surface area contributed by atoms with Crippen LogP contribution in [0.15, 0.2) is 65.3 Å². The van der Waals surface area contributed by atoms with Gasteiger partial charge >= 0.3 is 6.08 Å². The lowest BCUT2D eigenvalue weighted by molar-refractivity contribution is 0.218.